The van der Waals surface area contributed by atoms with E-state index in [1.807, 2.05) is 18.3 Å². The Hall–Kier alpha value is -1.61. The van der Waals surface area contributed by atoms with Crippen molar-refractivity contribution in [3.63, 3.8) is 0 Å². The van der Waals surface area contributed by atoms with Gasteiger partial charge in [-0.15, -0.1) is 0 Å². The highest BCUT2D eigenvalue weighted by molar-refractivity contribution is 5.24. The SMILES string of the molecule is c1ccc(Cc2cc3n(c2)CCNC3)nc1. The molecule has 0 spiro atoms. The van der Waals surface area contributed by atoms with Gasteiger partial charge < -0.3 is 9.88 Å². The van der Waals surface area contributed by atoms with E-state index < -0.39 is 0 Å². The number of hydrogen-bond acceptors (Lipinski definition) is 2. The van der Waals surface area contributed by atoms with E-state index in [-0.39, 0.29) is 0 Å². The third-order valence-corrected chi connectivity index (χ3v) is 2.99. The van der Waals surface area contributed by atoms with Crippen LogP contribution in [-0.2, 0) is 19.5 Å². The van der Waals surface area contributed by atoms with E-state index in [0.717, 1.165) is 31.7 Å². The Kier molecular flexibility index (Phi) is 2.46. The van der Waals surface area contributed by atoms with Gasteiger partial charge in [0, 0.05) is 49.8 Å². The number of hydrogen-bond donors (Lipinski definition) is 1. The number of aromatic nitrogens is 2. The first-order valence-electron chi connectivity index (χ1n) is 5.70. The topological polar surface area (TPSA) is 29.9 Å². The molecule has 0 unspecified atom stereocenters. The van der Waals surface area contributed by atoms with Gasteiger partial charge in [0.25, 0.3) is 0 Å². The number of rotatable bonds is 2. The third kappa shape index (κ3) is 1.86. The monoisotopic (exact) mass is 213 g/mol. The van der Waals surface area contributed by atoms with Crippen molar-refractivity contribution in [2.24, 2.45) is 0 Å². The van der Waals surface area contributed by atoms with E-state index in [0.29, 0.717) is 0 Å². The highest BCUT2D eigenvalue weighted by Gasteiger charge is 2.10. The maximum atomic E-state index is 4.36. The van der Waals surface area contributed by atoms with Crippen molar-refractivity contribution in [2.45, 2.75) is 19.5 Å². The lowest BCUT2D eigenvalue weighted by Crippen LogP contribution is -2.27. The van der Waals surface area contributed by atoms with Crippen LogP contribution in [0, 0.1) is 0 Å². The summed E-state index contributed by atoms with van der Waals surface area (Å²) in [6.45, 7) is 3.14. The highest BCUT2D eigenvalue weighted by atomic mass is 15.1. The summed E-state index contributed by atoms with van der Waals surface area (Å²) in [6, 6.07) is 8.35. The predicted molar refractivity (Wildman–Crippen MR) is 63.2 cm³/mol. The van der Waals surface area contributed by atoms with Crippen molar-refractivity contribution in [3.05, 3.63) is 53.6 Å². The van der Waals surface area contributed by atoms with Crippen LogP contribution in [0.15, 0.2) is 36.7 Å². The van der Waals surface area contributed by atoms with Gasteiger partial charge >= 0.3 is 0 Å². The second-order valence-electron chi connectivity index (χ2n) is 4.21. The van der Waals surface area contributed by atoms with Crippen LogP contribution in [0.1, 0.15) is 17.0 Å². The molecule has 1 aliphatic rings. The number of fused-ring (bicyclic) bond motifs is 1. The van der Waals surface area contributed by atoms with E-state index in [1.54, 1.807) is 0 Å². The fourth-order valence-corrected chi connectivity index (χ4v) is 2.20. The average molecular weight is 213 g/mol. The summed E-state index contributed by atoms with van der Waals surface area (Å²) in [4.78, 5) is 4.36. The van der Waals surface area contributed by atoms with Crippen LogP contribution in [0.5, 0.6) is 0 Å². The van der Waals surface area contributed by atoms with Crippen molar-refractivity contribution in [1.29, 1.82) is 0 Å². The van der Waals surface area contributed by atoms with Gasteiger partial charge in [-0.2, -0.15) is 0 Å². The Morgan fingerprint density at radius 1 is 1.38 bits per heavy atom. The molecule has 0 radical (unpaired) electrons. The summed E-state index contributed by atoms with van der Waals surface area (Å²) in [5, 5.41) is 3.38. The lowest BCUT2D eigenvalue weighted by Gasteiger charge is -2.15. The quantitative estimate of drug-likeness (QED) is 0.820. The molecule has 0 aromatic carbocycles. The molecule has 16 heavy (non-hydrogen) atoms. The van der Waals surface area contributed by atoms with Crippen LogP contribution in [0.2, 0.25) is 0 Å². The highest BCUT2D eigenvalue weighted by Crippen LogP contribution is 2.14. The molecule has 3 heteroatoms. The Morgan fingerprint density at radius 3 is 3.19 bits per heavy atom. The van der Waals surface area contributed by atoms with Crippen molar-refractivity contribution in [3.8, 4) is 0 Å². The second kappa shape index (κ2) is 4.10. The first-order valence-corrected chi connectivity index (χ1v) is 5.70. The van der Waals surface area contributed by atoms with Gasteiger partial charge in [-0.05, 0) is 23.8 Å². The molecule has 0 atom stereocenters. The van der Waals surface area contributed by atoms with Gasteiger partial charge in [0.1, 0.15) is 0 Å². The van der Waals surface area contributed by atoms with E-state index in [1.165, 1.54) is 11.3 Å². The molecule has 3 heterocycles. The van der Waals surface area contributed by atoms with Crippen molar-refractivity contribution < 1.29 is 0 Å². The van der Waals surface area contributed by atoms with Crippen molar-refractivity contribution >= 4 is 0 Å². The summed E-state index contributed by atoms with van der Waals surface area (Å²) in [5.41, 5.74) is 3.88. The van der Waals surface area contributed by atoms with Gasteiger partial charge in [0.15, 0.2) is 0 Å². The molecule has 0 fully saturated rings. The first kappa shape index (κ1) is 9.60. The Bertz CT molecular complexity index is 450. The molecule has 0 aliphatic carbocycles. The van der Waals surface area contributed by atoms with E-state index >= 15 is 0 Å². The molecule has 3 nitrogen and oxygen atoms in total. The standard InChI is InChI=1S/C13H15N3/c1-2-4-15-12(3-1)7-11-8-13-9-14-5-6-16(13)10-11/h1-4,8,10,14H,5-7,9H2. The second-order valence-corrected chi connectivity index (χ2v) is 4.21. The molecule has 2 aromatic heterocycles. The summed E-state index contributed by atoms with van der Waals surface area (Å²) in [7, 11) is 0. The smallest absolute Gasteiger partial charge is 0.0447 e. The van der Waals surface area contributed by atoms with E-state index in [2.05, 4.69) is 33.2 Å². The summed E-state index contributed by atoms with van der Waals surface area (Å²) < 4.78 is 2.34. The van der Waals surface area contributed by atoms with Crippen LogP contribution < -0.4 is 5.32 Å². The van der Waals surface area contributed by atoms with Crippen LogP contribution in [0.3, 0.4) is 0 Å². The Morgan fingerprint density at radius 2 is 2.38 bits per heavy atom. The minimum atomic E-state index is 0.931. The molecule has 2 aromatic rings. The van der Waals surface area contributed by atoms with E-state index in [4.69, 9.17) is 0 Å². The Balaban J connectivity index is 1.83. The molecular weight excluding hydrogens is 198 g/mol. The Labute approximate surface area is 95.1 Å². The van der Waals surface area contributed by atoms with Crippen LogP contribution in [0.25, 0.3) is 0 Å². The van der Waals surface area contributed by atoms with Gasteiger partial charge in [-0.25, -0.2) is 0 Å². The molecule has 82 valence electrons. The number of nitrogens with one attached hydrogen (secondary N) is 1. The van der Waals surface area contributed by atoms with Crippen molar-refractivity contribution in [1.82, 2.24) is 14.9 Å². The minimum absolute atomic E-state index is 0.931. The zero-order valence-electron chi connectivity index (χ0n) is 9.19. The molecule has 0 bridgehead atoms. The predicted octanol–water partition coefficient (Wildman–Crippen LogP) is 1.58. The summed E-state index contributed by atoms with van der Waals surface area (Å²) in [6.07, 6.45) is 5.04. The fraction of sp³-hybridized carbons (Fsp3) is 0.308. The zero-order valence-corrected chi connectivity index (χ0v) is 9.19. The summed E-state index contributed by atoms with van der Waals surface area (Å²) >= 11 is 0. The van der Waals surface area contributed by atoms with Gasteiger partial charge in [-0.1, -0.05) is 6.07 Å². The molecule has 1 N–H and O–H groups in total. The molecule has 1 aliphatic heterocycles. The van der Waals surface area contributed by atoms with Gasteiger partial charge in [0.2, 0.25) is 0 Å². The van der Waals surface area contributed by atoms with Crippen molar-refractivity contribution in [2.75, 3.05) is 6.54 Å². The maximum Gasteiger partial charge on any atom is 0.0447 e. The van der Waals surface area contributed by atoms with Crippen LogP contribution in [-0.4, -0.2) is 16.1 Å². The lowest BCUT2D eigenvalue weighted by molar-refractivity contribution is 0.516. The van der Waals surface area contributed by atoms with Crippen LogP contribution in [0.4, 0.5) is 0 Å². The number of pyridine rings is 1. The minimum Gasteiger partial charge on any atom is -0.349 e. The molecular formula is C13H15N3. The van der Waals surface area contributed by atoms with E-state index in [9.17, 15) is 0 Å². The van der Waals surface area contributed by atoms with Gasteiger partial charge in [-0.3, -0.25) is 4.98 Å². The third-order valence-electron chi connectivity index (χ3n) is 2.99. The largest absolute Gasteiger partial charge is 0.349 e. The average Bonchev–Trinajstić information content (AvgIpc) is 2.72. The normalized spacial score (nSPS) is 14.8. The summed E-state index contributed by atoms with van der Waals surface area (Å²) in [5.74, 6) is 0. The lowest BCUT2D eigenvalue weighted by atomic mass is 10.1. The molecule has 0 saturated heterocycles. The zero-order chi connectivity index (χ0) is 10.8. The fourth-order valence-electron chi connectivity index (χ4n) is 2.20. The molecule has 3 rings (SSSR count). The number of nitrogens with zero attached hydrogens (tertiary/aromatic N) is 2. The molecule has 0 amide bonds. The maximum absolute atomic E-state index is 4.36. The van der Waals surface area contributed by atoms with Gasteiger partial charge in [0.05, 0.1) is 0 Å². The van der Waals surface area contributed by atoms with Crippen LogP contribution >= 0.6 is 0 Å². The molecule has 0 saturated carbocycles. The first-order chi connectivity index (χ1) is 7.92.